The van der Waals surface area contributed by atoms with Crippen molar-refractivity contribution in [2.24, 2.45) is 0 Å². The summed E-state index contributed by atoms with van der Waals surface area (Å²) in [6.07, 6.45) is 5.98. The molecule has 0 aliphatic heterocycles. The van der Waals surface area contributed by atoms with Gasteiger partial charge in [-0.1, -0.05) is 12.1 Å². The summed E-state index contributed by atoms with van der Waals surface area (Å²) in [4.78, 5) is 0. The van der Waals surface area contributed by atoms with Crippen LogP contribution in [0.15, 0.2) is 12.1 Å². The minimum atomic E-state index is 0.319. The van der Waals surface area contributed by atoms with Crippen LogP contribution in [-0.4, -0.2) is 11.1 Å². The number of rotatable bonds is 4. The first-order valence-electron chi connectivity index (χ1n) is 5.50. The molecule has 0 aliphatic carbocycles. The van der Waals surface area contributed by atoms with Gasteiger partial charge in [-0.3, -0.25) is 0 Å². The molecule has 0 bridgehead atoms. The number of benzene rings is 1. The summed E-state index contributed by atoms with van der Waals surface area (Å²) in [7, 11) is 0. The molecular weight excluding hydrogens is 198 g/mol. The molecule has 0 aliphatic rings. The Balaban J connectivity index is 2.65. The number of phenols is 1. The molecule has 2 N–H and O–H groups in total. The van der Waals surface area contributed by atoms with Crippen LogP contribution in [0, 0.1) is 26.2 Å². The minimum absolute atomic E-state index is 0.319. The van der Waals surface area contributed by atoms with E-state index in [2.05, 4.69) is 18.2 Å². The molecule has 2 nitrogen and oxygen atoms in total. The maximum Gasteiger partial charge on any atom is 0.121 e. The molecule has 1 unspecified atom stereocenters. The zero-order valence-corrected chi connectivity index (χ0v) is 10.2. The van der Waals surface area contributed by atoms with Crippen LogP contribution >= 0.6 is 0 Å². The number of aryl methyl sites for hydroxylation is 2. The van der Waals surface area contributed by atoms with Crippen molar-refractivity contribution in [1.29, 1.82) is 0 Å². The van der Waals surface area contributed by atoms with Crippen molar-refractivity contribution < 1.29 is 5.11 Å². The molecule has 0 saturated carbocycles. The molecule has 2 heteroatoms. The van der Waals surface area contributed by atoms with E-state index in [9.17, 15) is 5.11 Å². The molecule has 0 heterocycles. The summed E-state index contributed by atoms with van der Waals surface area (Å²) < 4.78 is 0. The summed E-state index contributed by atoms with van der Waals surface area (Å²) in [6.45, 7) is 6.68. The van der Waals surface area contributed by atoms with Crippen LogP contribution in [0.4, 0.5) is 0 Å². The summed E-state index contributed by atoms with van der Waals surface area (Å²) in [5.41, 5.74) is 3.01. The van der Waals surface area contributed by atoms with E-state index in [0.717, 1.165) is 24.1 Å². The smallest absolute Gasteiger partial charge is 0.121 e. The van der Waals surface area contributed by atoms with Crippen LogP contribution in [0.25, 0.3) is 0 Å². The van der Waals surface area contributed by atoms with Gasteiger partial charge in [0.1, 0.15) is 5.75 Å². The van der Waals surface area contributed by atoms with Crippen LogP contribution < -0.4 is 5.32 Å². The Morgan fingerprint density at radius 2 is 1.94 bits per heavy atom. The Kier molecular flexibility index (Phi) is 4.39. The van der Waals surface area contributed by atoms with Crippen molar-refractivity contribution >= 4 is 0 Å². The largest absolute Gasteiger partial charge is 0.507 e. The monoisotopic (exact) mass is 217 g/mol. The Hall–Kier alpha value is -1.46. The van der Waals surface area contributed by atoms with Crippen molar-refractivity contribution in [3.63, 3.8) is 0 Å². The van der Waals surface area contributed by atoms with E-state index in [1.165, 1.54) is 5.56 Å². The lowest BCUT2D eigenvalue weighted by atomic mass is 10.1. The normalized spacial score (nSPS) is 12.1. The number of nitrogens with one attached hydrogen (secondary N) is 1. The van der Waals surface area contributed by atoms with Crippen LogP contribution in [0.2, 0.25) is 0 Å². The molecule has 1 atom stereocenters. The third-order valence-electron chi connectivity index (χ3n) is 2.63. The third-order valence-corrected chi connectivity index (χ3v) is 2.63. The van der Waals surface area contributed by atoms with Gasteiger partial charge < -0.3 is 10.4 Å². The Morgan fingerprint density at radius 3 is 2.44 bits per heavy atom. The van der Waals surface area contributed by atoms with Gasteiger partial charge in [0, 0.05) is 19.0 Å². The maximum atomic E-state index is 9.65. The molecule has 0 radical (unpaired) electrons. The van der Waals surface area contributed by atoms with E-state index >= 15 is 0 Å². The van der Waals surface area contributed by atoms with Gasteiger partial charge in [0.15, 0.2) is 0 Å². The first-order valence-corrected chi connectivity index (χ1v) is 5.50. The van der Waals surface area contributed by atoms with Crippen LogP contribution in [-0.2, 0) is 6.54 Å². The zero-order valence-electron chi connectivity index (χ0n) is 10.2. The number of terminal acetylenes is 1. The van der Waals surface area contributed by atoms with E-state index in [0.29, 0.717) is 11.8 Å². The van der Waals surface area contributed by atoms with Crippen molar-refractivity contribution in [2.45, 2.75) is 39.8 Å². The molecule has 1 rings (SSSR count). The number of hydrogen-bond donors (Lipinski definition) is 2. The molecule has 0 spiro atoms. The minimum Gasteiger partial charge on any atom is -0.507 e. The lowest BCUT2D eigenvalue weighted by molar-refractivity contribution is 0.466. The van der Waals surface area contributed by atoms with Crippen molar-refractivity contribution in [2.75, 3.05) is 0 Å². The highest BCUT2D eigenvalue weighted by Crippen LogP contribution is 2.22. The molecule has 0 saturated heterocycles. The quantitative estimate of drug-likeness (QED) is 0.759. The molecule has 0 fully saturated rings. The van der Waals surface area contributed by atoms with Crippen molar-refractivity contribution in [3.8, 4) is 18.1 Å². The highest BCUT2D eigenvalue weighted by Gasteiger charge is 2.04. The van der Waals surface area contributed by atoms with Crippen LogP contribution in [0.1, 0.15) is 30.0 Å². The highest BCUT2D eigenvalue weighted by molar-refractivity contribution is 5.42. The highest BCUT2D eigenvalue weighted by atomic mass is 16.3. The van der Waals surface area contributed by atoms with E-state index in [4.69, 9.17) is 6.42 Å². The molecule has 16 heavy (non-hydrogen) atoms. The Morgan fingerprint density at radius 1 is 1.38 bits per heavy atom. The predicted octanol–water partition coefficient (Wildman–Crippen LogP) is 2.51. The lowest BCUT2D eigenvalue weighted by Crippen LogP contribution is -2.24. The number of aromatic hydroxyl groups is 1. The van der Waals surface area contributed by atoms with Gasteiger partial charge in [0.05, 0.1) is 0 Å². The van der Waals surface area contributed by atoms with Gasteiger partial charge in [0.2, 0.25) is 0 Å². The van der Waals surface area contributed by atoms with E-state index in [1.807, 2.05) is 26.0 Å². The molecular formula is C14H19NO. The molecule has 1 aromatic rings. The predicted molar refractivity (Wildman–Crippen MR) is 67.3 cm³/mol. The lowest BCUT2D eigenvalue weighted by Gasteiger charge is -2.12. The fourth-order valence-corrected chi connectivity index (χ4v) is 1.69. The Bertz CT molecular complexity index is 381. The summed E-state index contributed by atoms with van der Waals surface area (Å²) in [6, 6.07) is 4.31. The molecule has 86 valence electrons. The van der Waals surface area contributed by atoms with Gasteiger partial charge in [-0.15, -0.1) is 12.3 Å². The topological polar surface area (TPSA) is 32.3 Å². The molecule has 0 amide bonds. The van der Waals surface area contributed by atoms with Gasteiger partial charge >= 0.3 is 0 Å². The second-order valence-corrected chi connectivity index (χ2v) is 4.27. The average molecular weight is 217 g/mol. The third kappa shape index (κ3) is 3.29. The number of hydrogen-bond acceptors (Lipinski definition) is 2. The first kappa shape index (κ1) is 12.6. The second kappa shape index (κ2) is 5.58. The Labute approximate surface area is 97.7 Å². The average Bonchev–Trinajstić information content (AvgIpc) is 2.23. The molecule has 0 aromatic heterocycles. The van der Waals surface area contributed by atoms with Gasteiger partial charge in [-0.2, -0.15) is 0 Å². The van der Waals surface area contributed by atoms with E-state index < -0.39 is 0 Å². The number of phenolic OH excluding ortho intramolecular Hbond substituents is 1. The fraction of sp³-hybridized carbons (Fsp3) is 0.429. The van der Waals surface area contributed by atoms with Gasteiger partial charge in [-0.25, -0.2) is 0 Å². The van der Waals surface area contributed by atoms with Gasteiger partial charge in [0.25, 0.3) is 0 Å². The zero-order chi connectivity index (χ0) is 12.1. The van der Waals surface area contributed by atoms with Crippen molar-refractivity contribution in [3.05, 3.63) is 28.8 Å². The van der Waals surface area contributed by atoms with E-state index in [1.54, 1.807) is 0 Å². The van der Waals surface area contributed by atoms with Gasteiger partial charge in [-0.05, 0) is 37.5 Å². The SMILES string of the molecule is C#CCC(C)NCc1cc(C)c(O)c(C)c1. The summed E-state index contributed by atoms with van der Waals surface area (Å²) in [5, 5.41) is 13.0. The van der Waals surface area contributed by atoms with Crippen LogP contribution in [0.5, 0.6) is 5.75 Å². The van der Waals surface area contributed by atoms with Crippen LogP contribution in [0.3, 0.4) is 0 Å². The van der Waals surface area contributed by atoms with Crippen molar-refractivity contribution in [1.82, 2.24) is 5.32 Å². The first-order chi connectivity index (χ1) is 7.54. The fourth-order valence-electron chi connectivity index (χ4n) is 1.69. The summed E-state index contributed by atoms with van der Waals surface area (Å²) in [5.74, 6) is 3.02. The summed E-state index contributed by atoms with van der Waals surface area (Å²) >= 11 is 0. The second-order valence-electron chi connectivity index (χ2n) is 4.27. The molecule has 1 aromatic carbocycles. The van der Waals surface area contributed by atoms with E-state index in [-0.39, 0.29) is 0 Å². The standard InChI is InChI=1S/C14H19NO/c1-5-6-12(4)15-9-13-7-10(2)14(16)11(3)8-13/h1,7-8,12,15-16H,6,9H2,2-4H3. The maximum absolute atomic E-state index is 9.65.